The van der Waals surface area contributed by atoms with Gasteiger partial charge in [-0.3, -0.25) is 4.79 Å². The summed E-state index contributed by atoms with van der Waals surface area (Å²) >= 11 is 0. The minimum atomic E-state index is -0.875. The maximum Gasteiger partial charge on any atom is 0.220 e. The number of amides is 1. The lowest BCUT2D eigenvalue weighted by molar-refractivity contribution is -0.123. The molecule has 0 aliphatic rings. The number of allylic oxidation sites excluding steroid dienone is 13. The predicted molar refractivity (Wildman–Crippen MR) is 336 cm³/mol. The first-order valence-electron chi connectivity index (χ1n) is 33.3. The van der Waals surface area contributed by atoms with Crippen molar-refractivity contribution in [3.63, 3.8) is 0 Å². The molecule has 0 radical (unpaired) electrons. The lowest BCUT2D eigenvalue weighted by Gasteiger charge is -2.19. The maximum absolute atomic E-state index is 12.5. The van der Waals surface area contributed by atoms with Gasteiger partial charge in [0.05, 0.1) is 18.8 Å². The number of nitrogens with one attached hydrogen (secondary N) is 1. The lowest BCUT2D eigenvalue weighted by Crippen LogP contribution is -2.45. The molecule has 0 saturated heterocycles. The van der Waals surface area contributed by atoms with Crippen molar-refractivity contribution in [1.82, 2.24) is 5.32 Å². The van der Waals surface area contributed by atoms with Crippen LogP contribution in [-0.4, -0.2) is 34.9 Å². The van der Waals surface area contributed by atoms with Crippen molar-refractivity contribution in [3.05, 3.63) is 85.1 Å². The molecule has 0 heterocycles. The Morgan fingerprint density at radius 2 is 0.600 bits per heavy atom. The Morgan fingerprint density at radius 1 is 0.333 bits per heavy atom. The van der Waals surface area contributed by atoms with Gasteiger partial charge in [-0.05, 0) is 83.5 Å². The van der Waals surface area contributed by atoms with Crippen LogP contribution in [0.15, 0.2) is 85.1 Å². The number of carbonyl (C=O) groups is 1. The second-order valence-corrected chi connectivity index (χ2v) is 22.5. The average Bonchev–Trinajstić information content (AvgIpc) is 3.41. The quantitative estimate of drug-likeness (QED) is 0.0420. The highest BCUT2D eigenvalue weighted by Crippen LogP contribution is 2.18. The number of aliphatic hydroxyl groups is 2. The molecule has 0 aliphatic carbocycles. The lowest BCUT2D eigenvalue weighted by atomic mass is 10.0. The third-order valence-electron chi connectivity index (χ3n) is 15.1. The molecule has 4 heteroatoms. The zero-order chi connectivity index (χ0) is 54.1. The Hall–Kier alpha value is -2.43. The van der Waals surface area contributed by atoms with Gasteiger partial charge >= 0.3 is 0 Å². The van der Waals surface area contributed by atoms with Gasteiger partial charge < -0.3 is 15.5 Å². The molecule has 0 aliphatic heterocycles. The van der Waals surface area contributed by atoms with Crippen molar-refractivity contribution >= 4 is 5.91 Å². The van der Waals surface area contributed by atoms with Crippen molar-refractivity contribution in [2.75, 3.05) is 6.61 Å². The number of hydrogen-bond acceptors (Lipinski definition) is 3. The van der Waals surface area contributed by atoms with Crippen molar-refractivity contribution in [3.8, 4) is 0 Å². The van der Waals surface area contributed by atoms with E-state index in [-0.39, 0.29) is 12.5 Å². The van der Waals surface area contributed by atoms with E-state index in [0.717, 1.165) is 64.2 Å². The summed E-state index contributed by atoms with van der Waals surface area (Å²) in [5.74, 6) is -0.0753. The molecule has 0 saturated carbocycles. The van der Waals surface area contributed by atoms with Crippen LogP contribution in [0.4, 0.5) is 0 Å². The molecular formula is C71H129NO3. The Balaban J connectivity index is 3.51. The van der Waals surface area contributed by atoms with E-state index in [0.29, 0.717) is 6.42 Å². The van der Waals surface area contributed by atoms with Gasteiger partial charge in [0.1, 0.15) is 0 Å². The van der Waals surface area contributed by atoms with Crippen LogP contribution >= 0.6 is 0 Å². The van der Waals surface area contributed by atoms with Gasteiger partial charge in [0.15, 0.2) is 0 Å². The van der Waals surface area contributed by atoms with Gasteiger partial charge in [-0.1, -0.05) is 336 Å². The molecule has 0 bridgehead atoms. The Morgan fingerprint density at radius 3 is 0.933 bits per heavy atom. The predicted octanol–water partition coefficient (Wildman–Crippen LogP) is 22.7. The molecule has 3 N–H and O–H groups in total. The molecule has 0 aromatic heterocycles. The van der Waals surface area contributed by atoms with Crippen LogP contribution in [0.5, 0.6) is 0 Å². The highest BCUT2D eigenvalue weighted by Gasteiger charge is 2.18. The summed E-state index contributed by atoms with van der Waals surface area (Å²) in [4.78, 5) is 12.5. The highest BCUT2D eigenvalue weighted by molar-refractivity contribution is 5.76. The fraction of sp³-hybridized carbons (Fsp3) is 0.789. The summed E-state index contributed by atoms with van der Waals surface area (Å²) in [7, 11) is 0. The van der Waals surface area contributed by atoms with Crippen LogP contribution in [-0.2, 0) is 4.79 Å². The largest absolute Gasteiger partial charge is 0.394 e. The first-order chi connectivity index (χ1) is 37.2. The molecule has 0 aromatic carbocycles. The van der Waals surface area contributed by atoms with Crippen LogP contribution in [0.3, 0.4) is 0 Å². The molecular weight excluding hydrogens is 915 g/mol. The topological polar surface area (TPSA) is 69.6 Å². The fourth-order valence-electron chi connectivity index (χ4n) is 10.1. The molecule has 0 fully saturated rings. The van der Waals surface area contributed by atoms with Gasteiger partial charge in [0.2, 0.25) is 5.91 Å². The number of rotatable bonds is 61. The normalized spacial score (nSPS) is 13.3. The number of aliphatic hydroxyl groups excluding tert-OH is 2. The molecule has 0 rings (SSSR count). The Bertz CT molecular complexity index is 1320. The number of unbranched alkanes of at least 4 members (excludes halogenated alkanes) is 42. The standard InChI is InChI=1S/C71H129NO3/c1-3-5-7-9-11-13-15-17-19-21-23-25-27-29-31-33-35-37-38-40-42-44-46-48-50-52-54-56-58-60-62-64-66-70(74)69(68-73)72-71(75)67-65-63-61-59-57-55-53-51-49-47-45-43-41-39-36-34-32-30-28-26-24-22-20-18-16-14-12-10-8-6-4-2/h6,8,12,14,18,20,24,26,48,50,56,58,64,66,69-70,73-74H,3-5,7,9-11,13,15-17,19,21-23,25,27-47,49,51-55,57,59-63,65,67-68H2,1-2H3,(H,72,75)/b8-6-,14-12-,20-18-,26-24-,50-48+,58-56+,66-64+. The maximum atomic E-state index is 12.5. The van der Waals surface area contributed by atoms with Crippen molar-refractivity contribution in [1.29, 1.82) is 0 Å². The summed E-state index contributed by atoms with van der Waals surface area (Å²) in [6.07, 6.45) is 96.6. The van der Waals surface area contributed by atoms with Crippen LogP contribution < -0.4 is 5.32 Å². The van der Waals surface area contributed by atoms with Crippen molar-refractivity contribution in [2.24, 2.45) is 0 Å². The van der Waals surface area contributed by atoms with E-state index < -0.39 is 12.1 Å². The van der Waals surface area contributed by atoms with E-state index in [1.54, 1.807) is 6.08 Å². The number of hydrogen-bond donors (Lipinski definition) is 3. The molecule has 2 unspecified atom stereocenters. The first-order valence-corrected chi connectivity index (χ1v) is 33.3. The van der Waals surface area contributed by atoms with E-state index >= 15 is 0 Å². The first kappa shape index (κ1) is 72.6. The van der Waals surface area contributed by atoms with E-state index in [2.05, 4.69) is 92.1 Å². The average molecular weight is 1040 g/mol. The van der Waals surface area contributed by atoms with Gasteiger partial charge in [-0.25, -0.2) is 0 Å². The minimum absolute atomic E-state index is 0.0753. The van der Waals surface area contributed by atoms with Gasteiger partial charge in [-0.2, -0.15) is 0 Å². The van der Waals surface area contributed by atoms with Gasteiger partial charge in [0, 0.05) is 6.42 Å². The smallest absolute Gasteiger partial charge is 0.220 e. The van der Waals surface area contributed by atoms with Crippen LogP contribution in [0, 0.1) is 0 Å². The molecule has 4 nitrogen and oxygen atoms in total. The van der Waals surface area contributed by atoms with Crippen molar-refractivity contribution < 1.29 is 15.0 Å². The van der Waals surface area contributed by atoms with E-state index in [9.17, 15) is 15.0 Å². The van der Waals surface area contributed by atoms with E-state index in [4.69, 9.17) is 0 Å². The highest BCUT2D eigenvalue weighted by atomic mass is 16.3. The molecule has 2 atom stereocenters. The van der Waals surface area contributed by atoms with E-state index in [1.807, 2.05) is 6.08 Å². The molecule has 0 aromatic rings. The zero-order valence-electron chi connectivity index (χ0n) is 50.3. The monoisotopic (exact) mass is 1040 g/mol. The molecule has 0 spiro atoms. The van der Waals surface area contributed by atoms with Crippen molar-refractivity contribution in [2.45, 2.75) is 353 Å². The molecule has 75 heavy (non-hydrogen) atoms. The summed E-state index contributed by atoms with van der Waals surface area (Å²) in [6.45, 7) is 4.21. The Kier molecular flexibility index (Phi) is 63.7. The minimum Gasteiger partial charge on any atom is -0.394 e. The zero-order valence-corrected chi connectivity index (χ0v) is 50.3. The SMILES string of the molecule is CC/C=C\C/C=C\C/C=C\C/C=C\CCCCCCCCCCCCCCCCCCCCC(=O)NC(CO)C(O)/C=C/CC/C=C/CC/C=C/CCCCCCCCCCCCCCCCCCCCCCCC. The summed E-state index contributed by atoms with van der Waals surface area (Å²) < 4.78 is 0. The van der Waals surface area contributed by atoms with Gasteiger partial charge in [0.25, 0.3) is 0 Å². The summed E-state index contributed by atoms with van der Waals surface area (Å²) in [6, 6.07) is -0.650. The Labute approximate surface area is 469 Å². The summed E-state index contributed by atoms with van der Waals surface area (Å²) in [5.41, 5.74) is 0. The number of carbonyl (C=O) groups excluding carboxylic acids is 1. The second-order valence-electron chi connectivity index (χ2n) is 22.5. The van der Waals surface area contributed by atoms with Crippen LogP contribution in [0.1, 0.15) is 341 Å². The molecule has 436 valence electrons. The van der Waals surface area contributed by atoms with Crippen LogP contribution in [0.25, 0.3) is 0 Å². The third kappa shape index (κ3) is 62.3. The van der Waals surface area contributed by atoms with Crippen LogP contribution in [0.2, 0.25) is 0 Å². The van der Waals surface area contributed by atoms with E-state index in [1.165, 1.54) is 257 Å². The molecule has 1 amide bonds. The summed E-state index contributed by atoms with van der Waals surface area (Å²) in [5, 5.41) is 23.2. The third-order valence-corrected chi connectivity index (χ3v) is 15.1. The fourth-order valence-corrected chi connectivity index (χ4v) is 10.1. The second kappa shape index (κ2) is 65.9. The van der Waals surface area contributed by atoms with Gasteiger partial charge in [-0.15, -0.1) is 0 Å².